The van der Waals surface area contributed by atoms with Crippen molar-refractivity contribution in [1.29, 1.82) is 0 Å². The molecule has 2 atom stereocenters. The van der Waals surface area contributed by atoms with Crippen LogP contribution in [0.2, 0.25) is 0 Å². The molecule has 7 nitrogen and oxygen atoms in total. The highest BCUT2D eigenvalue weighted by atomic mass is 31.2. The third-order valence-electron chi connectivity index (χ3n) is 8.89. The molecule has 0 aromatic carbocycles. The predicted octanol–water partition coefficient (Wildman–Crippen LogP) is 13.0. The van der Waals surface area contributed by atoms with Gasteiger partial charge >= 0.3 is 7.82 Å². The van der Waals surface area contributed by atoms with E-state index in [1.807, 2.05) is 27.2 Å². The van der Waals surface area contributed by atoms with Gasteiger partial charge in [0.2, 0.25) is 0 Å². The number of rotatable bonds is 39. The molecule has 0 radical (unpaired) electrons. The van der Waals surface area contributed by atoms with Gasteiger partial charge in [-0.25, -0.2) is 4.57 Å². The van der Waals surface area contributed by atoms with Crippen molar-refractivity contribution in [2.75, 3.05) is 47.5 Å². The number of unbranched alkanes of at least 4 members (excludes halogenated alkanes) is 23. The van der Waals surface area contributed by atoms with Gasteiger partial charge in [-0.1, -0.05) is 142 Å². The fraction of sp³-hybridized carbons (Fsp3) is 0.857. The molecular weight excluding hydrogens is 645 g/mol. The Labute approximate surface area is 310 Å². The molecule has 296 valence electrons. The number of phosphoric acid groups is 1. The summed E-state index contributed by atoms with van der Waals surface area (Å²) in [6.07, 6.45) is 45.1. The molecule has 0 bridgehead atoms. The summed E-state index contributed by atoms with van der Waals surface area (Å²) in [7, 11) is 1.83. The summed E-state index contributed by atoms with van der Waals surface area (Å²) >= 11 is 0. The molecule has 0 aromatic heterocycles. The van der Waals surface area contributed by atoms with Crippen LogP contribution >= 0.6 is 7.82 Å². The molecule has 0 aliphatic carbocycles. The minimum atomic E-state index is -4.18. The molecule has 50 heavy (non-hydrogen) atoms. The summed E-state index contributed by atoms with van der Waals surface area (Å²) < 4.78 is 35.1. The number of hydrogen-bond acceptors (Lipinski definition) is 5. The minimum absolute atomic E-state index is 0.0936. The zero-order valence-corrected chi connectivity index (χ0v) is 34.5. The summed E-state index contributed by atoms with van der Waals surface area (Å²) in [4.78, 5) is 10.2. The Morgan fingerprint density at radius 3 is 1.40 bits per heavy atom. The van der Waals surface area contributed by atoms with E-state index in [1.54, 1.807) is 12.5 Å². The van der Waals surface area contributed by atoms with E-state index in [0.717, 1.165) is 25.7 Å². The highest BCUT2D eigenvalue weighted by Gasteiger charge is 2.25. The van der Waals surface area contributed by atoms with Crippen LogP contribution in [0.5, 0.6) is 0 Å². The van der Waals surface area contributed by atoms with Crippen molar-refractivity contribution in [3.63, 3.8) is 0 Å². The molecule has 0 amide bonds. The summed E-state index contributed by atoms with van der Waals surface area (Å²) in [5.74, 6) is 0. The first kappa shape index (κ1) is 48.9. The van der Waals surface area contributed by atoms with Crippen molar-refractivity contribution in [3.8, 4) is 0 Å². The second kappa shape index (κ2) is 36.3. The lowest BCUT2D eigenvalue weighted by molar-refractivity contribution is -0.870. The highest BCUT2D eigenvalue weighted by molar-refractivity contribution is 7.47. The van der Waals surface area contributed by atoms with Gasteiger partial charge in [0.25, 0.3) is 0 Å². The highest BCUT2D eigenvalue weighted by Crippen LogP contribution is 2.43. The first-order valence-electron chi connectivity index (χ1n) is 20.8. The van der Waals surface area contributed by atoms with E-state index in [-0.39, 0.29) is 19.8 Å². The fourth-order valence-electron chi connectivity index (χ4n) is 5.56. The number of phosphoric ester groups is 1. The van der Waals surface area contributed by atoms with Crippen molar-refractivity contribution in [1.82, 2.24) is 0 Å². The standard InChI is InChI=1S/C42H82NO6P/c1-6-8-10-12-14-16-18-20-22-23-24-26-28-30-32-34-37-46-40-42(41-49-50(44,45)48-39-36-43(3,4)5)47-38-35-33-31-29-27-25-21-19-17-15-13-11-9-7-2/h16,18,34-35,37-38,42H,6-15,17,19-33,36,39-41H2,1-5H3/p+1/b18-16-,37-34-,38-35-/t42-/m1/s1. The lowest BCUT2D eigenvalue weighted by atomic mass is 10.0. The molecule has 0 rings (SSSR count). The van der Waals surface area contributed by atoms with E-state index < -0.39 is 13.9 Å². The largest absolute Gasteiger partial charge is 0.498 e. The van der Waals surface area contributed by atoms with Crippen LogP contribution in [-0.2, 0) is 23.1 Å². The summed E-state index contributed by atoms with van der Waals surface area (Å²) in [6, 6.07) is 0. The smallest absolute Gasteiger partial charge is 0.472 e. The maximum Gasteiger partial charge on any atom is 0.472 e. The average Bonchev–Trinajstić information content (AvgIpc) is 3.07. The maximum absolute atomic E-state index is 12.4. The van der Waals surface area contributed by atoms with E-state index in [2.05, 4.69) is 32.1 Å². The molecule has 0 saturated heterocycles. The van der Waals surface area contributed by atoms with Crippen LogP contribution in [-0.4, -0.2) is 63.0 Å². The van der Waals surface area contributed by atoms with Gasteiger partial charge in [-0.15, -0.1) is 0 Å². The molecule has 0 aliphatic heterocycles. The minimum Gasteiger partial charge on any atom is -0.498 e. The van der Waals surface area contributed by atoms with Gasteiger partial charge < -0.3 is 18.9 Å². The number of ether oxygens (including phenoxy) is 2. The zero-order valence-electron chi connectivity index (χ0n) is 33.6. The van der Waals surface area contributed by atoms with Gasteiger partial charge in [-0.05, 0) is 63.5 Å². The fourth-order valence-corrected chi connectivity index (χ4v) is 6.31. The van der Waals surface area contributed by atoms with Crippen LogP contribution in [0.1, 0.15) is 181 Å². The van der Waals surface area contributed by atoms with Gasteiger partial charge in [0.05, 0.1) is 40.3 Å². The summed E-state index contributed by atoms with van der Waals surface area (Å²) in [6.45, 7) is 5.40. The maximum atomic E-state index is 12.4. The molecule has 1 N–H and O–H groups in total. The Bertz CT molecular complexity index is 841. The average molecular weight is 729 g/mol. The molecule has 0 fully saturated rings. The topological polar surface area (TPSA) is 74.2 Å². The normalized spacial score (nSPS) is 14.3. The third kappa shape index (κ3) is 39.7. The zero-order chi connectivity index (χ0) is 36.9. The number of nitrogens with zero attached hydrogens (tertiary/aromatic N) is 1. The van der Waals surface area contributed by atoms with Crippen LogP contribution in [0.3, 0.4) is 0 Å². The lowest BCUT2D eigenvalue weighted by Gasteiger charge is -2.24. The Morgan fingerprint density at radius 2 is 0.940 bits per heavy atom. The molecule has 1 unspecified atom stereocenters. The number of allylic oxidation sites excluding steroid dienone is 4. The SMILES string of the molecule is CCCCCC/C=C\CCCCCCCC/C=C\OC[C@H](COP(=O)(O)OCC[N+](C)(C)C)O/C=C\CCCCCCCCCCCCCC. The van der Waals surface area contributed by atoms with Crippen LogP contribution < -0.4 is 0 Å². The van der Waals surface area contributed by atoms with Crippen LogP contribution in [0, 0.1) is 0 Å². The molecular formula is C42H83NO6P+. The van der Waals surface area contributed by atoms with Crippen molar-refractivity contribution in [2.24, 2.45) is 0 Å². The van der Waals surface area contributed by atoms with Gasteiger partial charge in [0, 0.05) is 0 Å². The van der Waals surface area contributed by atoms with Gasteiger partial charge in [0.1, 0.15) is 19.8 Å². The van der Waals surface area contributed by atoms with E-state index in [1.165, 1.54) is 141 Å². The predicted molar refractivity (Wildman–Crippen MR) is 214 cm³/mol. The summed E-state index contributed by atoms with van der Waals surface area (Å²) in [5.41, 5.74) is 0. The molecule has 0 aromatic rings. The van der Waals surface area contributed by atoms with E-state index in [4.69, 9.17) is 18.5 Å². The third-order valence-corrected chi connectivity index (χ3v) is 9.87. The molecule has 0 aliphatic rings. The number of quaternary nitrogens is 1. The Balaban J connectivity index is 4.24. The molecule has 0 heterocycles. The Kier molecular flexibility index (Phi) is 35.5. The summed E-state index contributed by atoms with van der Waals surface area (Å²) in [5, 5.41) is 0. The Hall–Kier alpha value is -1.11. The molecule has 0 saturated carbocycles. The Morgan fingerprint density at radius 1 is 0.540 bits per heavy atom. The monoisotopic (exact) mass is 729 g/mol. The molecule has 8 heteroatoms. The van der Waals surface area contributed by atoms with Gasteiger partial charge in [0.15, 0.2) is 6.10 Å². The molecule has 0 spiro atoms. The number of likely N-dealkylation sites (N-methyl/N-ethyl adjacent to an activating group) is 1. The first-order chi connectivity index (χ1) is 24.2. The van der Waals surface area contributed by atoms with Gasteiger partial charge in [-0.2, -0.15) is 0 Å². The van der Waals surface area contributed by atoms with Crippen molar-refractivity contribution in [3.05, 3.63) is 36.8 Å². The van der Waals surface area contributed by atoms with E-state index in [9.17, 15) is 9.46 Å². The first-order valence-corrected chi connectivity index (χ1v) is 22.3. The van der Waals surface area contributed by atoms with Gasteiger partial charge in [-0.3, -0.25) is 9.05 Å². The van der Waals surface area contributed by atoms with E-state index >= 15 is 0 Å². The number of hydrogen-bond donors (Lipinski definition) is 1. The van der Waals surface area contributed by atoms with Crippen LogP contribution in [0.4, 0.5) is 0 Å². The van der Waals surface area contributed by atoms with Crippen molar-refractivity contribution < 1.29 is 32.5 Å². The second-order valence-corrected chi connectivity index (χ2v) is 16.6. The van der Waals surface area contributed by atoms with Crippen molar-refractivity contribution in [2.45, 2.75) is 187 Å². The quantitative estimate of drug-likeness (QED) is 0.0223. The lowest BCUT2D eigenvalue weighted by Crippen LogP contribution is -2.37. The van der Waals surface area contributed by atoms with Crippen molar-refractivity contribution >= 4 is 7.82 Å². The van der Waals surface area contributed by atoms with Crippen LogP contribution in [0.25, 0.3) is 0 Å². The van der Waals surface area contributed by atoms with E-state index in [0.29, 0.717) is 11.0 Å². The van der Waals surface area contributed by atoms with Crippen LogP contribution in [0.15, 0.2) is 36.8 Å². The second-order valence-electron chi connectivity index (χ2n) is 15.1.